The largest absolute Gasteiger partial charge is 0.356 e. The Morgan fingerprint density at radius 3 is 3.15 bits per heavy atom. The van der Waals surface area contributed by atoms with E-state index in [1.165, 1.54) is 17.9 Å². The smallest absolute Gasteiger partial charge is 0.202 e. The minimum absolute atomic E-state index is 0.739. The van der Waals surface area contributed by atoms with Crippen molar-refractivity contribution in [2.24, 2.45) is 7.05 Å². The van der Waals surface area contributed by atoms with Gasteiger partial charge in [0.05, 0.1) is 6.20 Å². The molecule has 0 aromatic carbocycles. The van der Waals surface area contributed by atoms with Crippen molar-refractivity contribution in [2.75, 3.05) is 5.32 Å². The predicted molar refractivity (Wildman–Crippen MR) is 50.4 cm³/mol. The van der Waals surface area contributed by atoms with E-state index in [-0.39, 0.29) is 0 Å². The highest BCUT2D eigenvalue weighted by Crippen LogP contribution is 2.08. The van der Waals surface area contributed by atoms with Gasteiger partial charge in [-0.15, -0.1) is 0 Å². The van der Waals surface area contributed by atoms with Crippen LogP contribution in [0.1, 0.15) is 5.56 Å². The second-order valence-electron chi connectivity index (χ2n) is 2.62. The molecule has 0 fully saturated rings. The SMILES string of the molecule is Cn1cc(CNc2ncns2)cn1. The van der Waals surface area contributed by atoms with Gasteiger partial charge in [0.15, 0.2) is 0 Å². The third-order valence-corrected chi connectivity index (χ3v) is 2.19. The van der Waals surface area contributed by atoms with Crippen molar-refractivity contribution in [3.8, 4) is 0 Å². The number of nitrogens with zero attached hydrogens (tertiary/aromatic N) is 4. The number of aryl methyl sites for hydroxylation is 1. The zero-order valence-electron chi connectivity index (χ0n) is 7.14. The molecule has 2 aromatic rings. The van der Waals surface area contributed by atoms with Crippen LogP contribution in [0.3, 0.4) is 0 Å². The molecule has 0 radical (unpaired) electrons. The molecule has 2 rings (SSSR count). The summed E-state index contributed by atoms with van der Waals surface area (Å²) >= 11 is 1.35. The van der Waals surface area contributed by atoms with Crippen LogP contribution in [0.5, 0.6) is 0 Å². The molecule has 0 amide bonds. The average Bonchev–Trinajstić information content (AvgIpc) is 2.71. The first kappa shape index (κ1) is 8.18. The molecule has 0 saturated heterocycles. The van der Waals surface area contributed by atoms with Gasteiger partial charge in [-0.25, -0.2) is 4.98 Å². The normalized spacial score (nSPS) is 10.2. The Bertz CT molecular complexity index is 366. The summed E-state index contributed by atoms with van der Waals surface area (Å²) in [4.78, 5) is 4.01. The molecule has 6 heteroatoms. The van der Waals surface area contributed by atoms with Crippen LogP contribution < -0.4 is 5.32 Å². The summed E-state index contributed by atoms with van der Waals surface area (Å²) < 4.78 is 5.66. The van der Waals surface area contributed by atoms with E-state index in [0.29, 0.717) is 0 Å². The van der Waals surface area contributed by atoms with E-state index in [0.717, 1.165) is 17.2 Å². The predicted octanol–water partition coefficient (Wildman–Crippen LogP) is 0.884. The van der Waals surface area contributed by atoms with Crippen molar-refractivity contribution >= 4 is 16.7 Å². The molecule has 0 aliphatic rings. The molecule has 0 atom stereocenters. The second kappa shape index (κ2) is 3.53. The maximum absolute atomic E-state index is 4.06. The molecule has 0 spiro atoms. The van der Waals surface area contributed by atoms with Crippen LogP contribution in [0.2, 0.25) is 0 Å². The zero-order valence-corrected chi connectivity index (χ0v) is 7.95. The summed E-state index contributed by atoms with van der Waals surface area (Å²) in [5.74, 6) is 0. The van der Waals surface area contributed by atoms with Gasteiger partial charge >= 0.3 is 0 Å². The molecule has 2 heterocycles. The summed E-state index contributed by atoms with van der Waals surface area (Å²) in [5, 5.41) is 8.04. The lowest BCUT2D eigenvalue weighted by Crippen LogP contribution is -1.97. The summed E-state index contributed by atoms with van der Waals surface area (Å²) in [5.41, 5.74) is 1.14. The van der Waals surface area contributed by atoms with E-state index in [9.17, 15) is 0 Å². The Kier molecular flexibility index (Phi) is 2.22. The van der Waals surface area contributed by atoms with E-state index in [1.54, 1.807) is 4.68 Å². The lowest BCUT2D eigenvalue weighted by molar-refractivity contribution is 0.767. The first-order valence-corrected chi connectivity index (χ1v) is 4.60. The standard InChI is InChI=1S/C7H9N5S/c1-12-4-6(3-10-12)2-8-7-9-5-11-13-7/h3-5H,2H2,1H3,(H,8,9,11). The maximum Gasteiger partial charge on any atom is 0.202 e. The van der Waals surface area contributed by atoms with Crippen molar-refractivity contribution in [3.05, 3.63) is 24.3 Å². The third kappa shape index (κ3) is 2.03. The monoisotopic (exact) mass is 195 g/mol. The first-order valence-electron chi connectivity index (χ1n) is 3.82. The summed E-state index contributed by atoms with van der Waals surface area (Å²) in [6.07, 6.45) is 5.33. The molecule has 13 heavy (non-hydrogen) atoms. The van der Waals surface area contributed by atoms with Gasteiger partial charge in [-0.2, -0.15) is 9.47 Å². The molecule has 0 saturated carbocycles. The van der Waals surface area contributed by atoms with E-state index in [1.807, 2.05) is 19.4 Å². The van der Waals surface area contributed by atoms with Crippen LogP contribution in [0.15, 0.2) is 18.7 Å². The first-order chi connectivity index (χ1) is 6.34. The minimum atomic E-state index is 0.739. The van der Waals surface area contributed by atoms with E-state index < -0.39 is 0 Å². The molecule has 2 aromatic heterocycles. The summed E-state index contributed by atoms with van der Waals surface area (Å²) in [6.45, 7) is 0.739. The van der Waals surface area contributed by atoms with E-state index in [2.05, 4.69) is 19.8 Å². The van der Waals surface area contributed by atoms with Gasteiger partial charge in [0, 0.05) is 36.9 Å². The van der Waals surface area contributed by atoms with E-state index >= 15 is 0 Å². The molecule has 0 aliphatic carbocycles. The van der Waals surface area contributed by atoms with Crippen LogP contribution in [0, 0.1) is 0 Å². The van der Waals surface area contributed by atoms with Crippen molar-refractivity contribution in [3.63, 3.8) is 0 Å². The van der Waals surface area contributed by atoms with Crippen LogP contribution in [-0.4, -0.2) is 19.1 Å². The quantitative estimate of drug-likeness (QED) is 0.790. The minimum Gasteiger partial charge on any atom is -0.356 e. The third-order valence-electron chi connectivity index (χ3n) is 1.56. The average molecular weight is 195 g/mol. The zero-order chi connectivity index (χ0) is 9.10. The van der Waals surface area contributed by atoms with E-state index in [4.69, 9.17) is 0 Å². The van der Waals surface area contributed by atoms with Gasteiger partial charge in [-0.3, -0.25) is 4.68 Å². The Morgan fingerprint density at radius 2 is 2.54 bits per heavy atom. The number of nitrogens with one attached hydrogen (secondary N) is 1. The summed E-state index contributed by atoms with van der Waals surface area (Å²) in [6, 6.07) is 0. The van der Waals surface area contributed by atoms with Gasteiger partial charge in [-0.1, -0.05) is 0 Å². The molecular formula is C7H9N5S. The number of rotatable bonds is 3. The van der Waals surface area contributed by atoms with Gasteiger partial charge in [-0.05, 0) is 0 Å². The van der Waals surface area contributed by atoms with Gasteiger partial charge in [0.1, 0.15) is 6.33 Å². The maximum atomic E-state index is 4.06. The highest BCUT2D eigenvalue weighted by atomic mass is 32.1. The Balaban J connectivity index is 1.93. The Hall–Kier alpha value is -1.43. The molecule has 5 nitrogen and oxygen atoms in total. The fourth-order valence-corrected chi connectivity index (χ4v) is 1.42. The number of hydrogen-bond acceptors (Lipinski definition) is 5. The lowest BCUT2D eigenvalue weighted by Gasteiger charge is -1.96. The lowest BCUT2D eigenvalue weighted by atomic mass is 10.4. The van der Waals surface area contributed by atoms with Crippen LogP contribution in [-0.2, 0) is 13.6 Å². The highest BCUT2D eigenvalue weighted by Gasteiger charge is 1.97. The molecular weight excluding hydrogens is 186 g/mol. The van der Waals surface area contributed by atoms with Crippen molar-refractivity contribution in [2.45, 2.75) is 6.54 Å². The molecule has 0 unspecified atom stereocenters. The second-order valence-corrected chi connectivity index (χ2v) is 3.40. The van der Waals surface area contributed by atoms with Gasteiger partial charge in [0.25, 0.3) is 0 Å². The molecule has 1 N–H and O–H groups in total. The molecule has 0 aliphatic heterocycles. The van der Waals surface area contributed by atoms with Crippen LogP contribution in [0.4, 0.5) is 5.13 Å². The van der Waals surface area contributed by atoms with Gasteiger partial charge in [0.2, 0.25) is 5.13 Å². The fraction of sp³-hybridized carbons (Fsp3) is 0.286. The molecule has 0 bridgehead atoms. The Labute approximate surface area is 79.6 Å². The fourth-order valence-electron chi connectivity index (χ4n) is 0.992. The highest BCUT2D eigenvalue weighted by molar-refractivity contribution is 7.09. The van der Waals surface area contributed by atoms with Crippen molar-refractivity contribution < 1.29 is 0 Å². The molecule has 68 valence electrons. The topological polar surface area (TPSA) is 55.6 Å². The summed E-state index contributed by atoms with van der Waals surface area (Å²) in [7, 11) is 1.90. The number of anilines is 1. The number of hydrogen-bond donors (Lipinski definition) is 1. The number of aromatic nitrogens is 4. The van der Waals surface area contributed by atoms with Crippen LogP contribution >= 0.6 is 11.5 Å². The van der Waals surface area contributed by atoms with Gasteiger partial charge < -0.3 is 5.32 Å². The van der Waals surface area contributed by atoms with Crippen LogP contribution in [0.25, 0.3) is 0 Å². The van der Waals surface area contributed by atoms with Crippen molar-refractivity contribution in [1.29, 1.82) is 0 Å². The Morgan fingerprint density at radius 1 is 1.62 bits per heavy atom. The van der Waals surface area contributed by atoms with Crippen molar-refractivity contribution in [1.82, 2.24) is 19.1 Å².